The van der Waals surface area contributed by atoms with Gasteiger partial charge < -0.3 is 20.2 Å². The van der Waals surface area contributed by atoms with Crippen LogP contribution in [-0.2, 0) is 12.1 Å². The van der Waals surface area contributed by atoms with Crippen molar-refractivity contribution in [1.29, 1.82) is 0 Å². The van der Waals surface area contributed by atoms with Gasteiger partial charge in [0.25, 0.3) is 0 Å². The second-order valence-electron chi connectivity index (χ2n) is 6.01. The van der Waals surface area contributed by atoms with Crippen LogP contribution in [0.2, 0.25) is 0 Å². The molecule has 2 rings (SSSR count). The van der Waals surface area contributed by atoms with E-state index in [-0.39, 0.29) is 24.0 Å². The quantitative estimate of drug-likeness (QED) is 0.338. The minimum Gasteiger partial charge on any atom is -0.466 e. The van der Waals surface area contributed by atoms with Gasteiger partial charge in [-0.15, -0.1) is 35.3 Å². The van der Waals surface area contributed by atoms with Gasteiger partial charge in [-0.3, -0.25) is 0 Å². The summed E-state index contributed by atoms with van der Waals surface area (Å²) in [4.78, 5) is 9.95. The topological polar surface area (TPSA) is 82.7 Å². The maximum Gasteiger partial charge on any atom is 0.191 e. The Morgan fingerprint density at radius 2 is 2.08 bits per heavy atom. The summed E-state index contributed by atoms with van der Waals surface area (Å²) in [5.74, 6) is 2.20. The minimum absolute atomic E-state index is 0. The molecule has 1 atom stereocenters. The van der Waals surface area contributed by atoms with Crippen molar-refractivity contribution in [2.24, 2.45) is 4.99 Å². The van der Waals surface area contributed by atoms with Gasteiger partial charge in [0, 0.05) is 17.0 Å². The predicted octanol–water partition coefficient (Wildman–Crippen LogP) is 3.24. The number of thiazole rings is 1. The van der Waals surface area contributed by atoms with E-state index in [4.69, 9.17) is 4.42 Å². The lowest BCUT2D eigenvalue weighted by Crippen LogP contribution is -2.44. The van der Waals surface area contributed by atoms with Crippen molar-refractivity contribution in [1.82, 2.24) is 15.6 Å². The molecule has 0 saturated heterocycles. The molecule has 3 N–H and O–H groups in total. The number of aliphatic imine (C=N–C) groups is 1. The Morgan fingerprint density at radius 3 is 2.60 bits per heavy atom. The normalized spacial score (nSPS) is 13.9. The van der Waals surface area contributed by atoms with Crippen LogP contribution in [0.5, 0.6) is 0 Å². The Morgan fingerprint density at radius 1 is 1.36 bits per heavy atom. The summed E-state index contributed by atoms with van der Waals surface area (Å²) in [5.41, 5.74) is 2.59. The van der Waals surface area contributed by atoms with E-state index in [1.54, 1.807) is 18.3 Å². The number of guanidine groups is 1. The average Bonchev–Trinajstić information content (AvgIpc) is 3.07. The molecule has 0 aliphatic heterocycles. The summed E-state index contributed by atoms with van der Waals surface area (Å²) in [6.07, 6.45) is 0. The van der Waals surface area contributed by atoms with Crippen molar-refractivity contribution < 1.29 is 9.52 Å². The smallest absolute Gasteiger partial charge is 0.191 e. The molecule has 8 heteroatoms. The lowest BCUT2D eigenvalue weighted by molar-refractivity contribution is 0.0601. The Hall–Kier alpha value is -1.13. The van der Waals surface area contributed by atoms with Crippen molar-refractivity contribution in [2.45, 2.75) is 46.8 Å². The first-order valence-corrected chi connectivity index (χ1v) is 8.92. The molecule has 0 radical (unpaired) electrons. The van der Waals surface area contributed by atoms with Gasteiger partial charge in [0.2, 0.25) is 0 Å². The molecule has 1 unspecified atom stereocenters. The molecule has 2 aromatic heterocycles. The van der Waals surface area contributed by atoms with E-state index in [0.717, 1.165) is 34.2 Å². The maximum absolute atomic E-state index is 10.8. The van der Waals surface area contributed by atoms with E-state index in [0.29, 0.717) is 19.0 Å². The third-order valence-electron chi connectivity index (χ3n) is 3.79. The number of hydrogen-bond acceptors (Lipinski definition) is 5. The lowest BCUT2D eigenvalue weighted by Gasteiger charge is -2.24. The Balaban J connectivity index is 0.00000312. The van der Waals surface area contributed by atoms with Crippen LogP contribution in [0, 0.1) is 20.8 Å². The van der Waals surface area contributed by atoms with Crippen LogP contribution in [-0.4, -0.2) is 29.1 Å². The van der Waals surface area contributed by atoms with Crippen LogP contribution < -0.4 is 10.6 Å². The van der Waals surface area contributed by atoms with Crippen LogP contribution in [0.25, 0.3) is 0 Å². The van der Waals surface area contributed by atoms with E-state index >= 15 is 0 Å². The zero-order valence-electron chi connectivity index (χ0n) is 15.3. The van der Waals surface area contributed by atoms with Gasteiger partial charge in [-0.25, -0.2) is 9.98 Å². The second-order valence-corrected chi connectivity index (χ2v) is 6.95. The molecule has 0 spiro atoms. The molecule has 2 aromatic rings. The molecule has 6 nitrogen and oxygen atoms in total. The highest BCUT2D eigenvalue weighted by atomic mass is 127. The fourth-order valence-electron chi connectivity index (χ4n) is 2.49. The molecular formula is C17H27IN4O2S. The molecule has 0 aliphatic carbocycles. The third-order valence-corrected chi connectivity index (χ3v) is 4.71. The summed E-state index contributed by atoms with van der Waals surface area (Å²) >= 11 is 1.60. The minimum atomic E-state index is -1.04. The monoisotopic (exact) mass is 478 g/mol. The van der Waals surface area contributed by atoms with Gasteiger partial charge in [-0.05, 0) is 40.7 Å². The fourth-order valence-corrected chi connectivity index (χ4v) is 3.19. The third kappa shape index (κ3) is 5.96. The number of aliphatic hydroxyl groups is 1. The van der Waals surface area contributed by atoms with Crippen molar-refractivity contribution in [3.63, 3.8) is 0 Å². The molecule has 0 saturated carbocycles. The molecular weight excluding hydrogens is 451 g/mol. The Bertz CT molecular complexity index is 709. The van der Waals surface area contributed by atoms with Crippen molar-refractivity contribution >= 4 is 41.3 Å². The molecule has 0 aliphatic rings. The van der Waals surface area contributed by atoms with Crippen molar-refractivity contribution in [2.75, 3.05) is 13.1 Å². The molecule has 0 aromatic carbocycles. The first-order valence-electron chi connectivity index (χ1n) is 8.04. The molecule has 0 fully saturated rings. The van der Waals surface area contributed by atoms with Crippen LogP contribution in [0.15, 0.2) is 21.0 Å². The molecule has 140 valence electrons. The predicted molar refractivity (Wildman–Crippen MR) is 113 cm³/mol. The number of furan rings is 1. The van der Waals surface area contributed by atoms with Gasteiger partial charge in [0.05, 0.1) is 24.3 Å². The molecule has 2 heterocycles. The molecule has 0 bridgehead atoms. The highest BCUT2D eigenvalue weighted by Gasteiger charge is 2.27. The summed E-state index contributed by atoms with van der Waals surface area (Å²) in [5, 5.41) is 17.2. The number of hydrogen-bond donors (Lipinski definition) is 3. The number of aromatic nitrogens is 1. The second kappa shape index (κ2) is 9.54. The zero-order chi connectivity index (χ0) is 17.7. The lowest BCUT2D eigenvalue weighted by atomic mass is 9.96. The van der Waals surface area contributed by atoms with Crippen LogP contribution in [0.4, 0.5) is 0 Å². The van der Waals surface area contributed by atoms with E-state index in [9.17, 15) is 5.11 Å². The fraction of sp³-hybridized carbons (Fsp3) is 0.529. The van der Waals surface area contributed by atoms with Gasteiger partial charge in [0.15, 0.2) is 5.96 Å². The van der Waals surface area contributed by atoms with Crippen LogP contribution >= 0.6 is 35.3 Å². The molecule has 0 amide bonds. The Labute approximate surface area is 170 Å². The summed E-state index contributed by atoms with van der Waals surface area (Å²) in [6.45, 7) is 11.2. The summed E-state index contributed by atoms with van der Waals surface area (Å²) in [7, 11) is 0. The van der Waals surface area contributed by atoms with Gasteiger partial charge in [-0.2, -0.15) is 0 Å². The Kier molecular flexibility index (Phi) is 8.36. The number of aryl methyl sites for hydroxylation is 3. The number of rotatable bonds is 6. The van der Waals surface area contributed by atoms with Crippen LogP contribution in [0.3, 0.4) is 0 Å². The highest BCUT2D eigenvalue weighted by Crippen LogP contribution is 2.26. The summed E-state index contributed by atoms with van der Waals surface area (Å²) < 4.78 is 5.53. The van der Waals surface area contributed by atoms with Crippen LogP contribution in [0.1, 0.15) is 41.5 Å². The average molecular weight is 478 g/mol. The van der Waals surface area contributed by atoms with Gasteiger partial charge in [-0.1, -0.05) is 0 Å². The van der Waals surface area contributed by atoms with Crippen molar-refractivity contribution in [3.8, 4) is 0 Å². The van der Waals surface area contributed by atoms with Gasteiger partial charge in [0.1, 0.15) is 17.1 Å². The largest absolute Gasteiger partial charge is 0.466 e. The van der Waals surface area contributed by atoms with E-state index in [1.807, 2.05) is 39.3 Å². The standard InChI is InChI=1S/C17H26N4O2S.HI/c1-6-18-16(19-8-15-12(3)21-10-24-15)20-9-17(5,22)14-7-11(2)23-13(14)4;/h7,10,22H,6,8-9H2,1-5H3,(H2,18,19,20);1H. The highest BCUT2D eigenvalue weighted by molar-refractivity contribution is 14.0. The maximum atomic E-state index is 10.8. The number of halogens is 1. The summed E-state index contributed by atoms with van der Waals surface area (Å²) in [6, 6.07) is 1.88. The number of nitrogens with zero attached hydrogens (tertiary/aromatic N) is 2. The zero-order valence-corrected chi connectivity index (χ0v) is 18.5. The number of nitrogens with one attached hydrogen (secondary N) is 2. The first kappa shape index (κ1) is 21.9. The van der Waals surface area contributed by atoms with Crippen molar-refractivity contribution in [3.05, 3.63) is 39.2 Å². The SMILES string of the molecule is CCNC(=NCc1scnc1C)NCC(C)(O)c1cc(C)oc1C.I. The van der Waals surface area contributed by atoms with Gasteiger partial charge >= 0.3 is 0 Å². The van der Waals surface area contributed by atoms with E-state index in [1.165, 1.54) is 0 Å². The first-order chi connectivity index (χ1) is 11.3. The van der Waals surface area contributed by atoms with E-state index in [2.05, 4.69) is 20.6 Å². The molecule has 25 heavy (non-hydrogen) atoms. The van der Waals surface area contributed by atoms with E-state index < -0.39 is 5.60 Å².